The third-order valence-electron chi connectivity index (χ3n) is 2.96. The number of halogens is 1. The largest absolute Gasteiger partial charge is 0.244 e. The summed E-state index contributed by atoms with van der Waals surface area (Å²) in [4.78, 5) is 1.24. The van der Waals surface area contributed by atoms with Crippen LogP contribution in [0.5, 0.6) is 0 Å². The highest BCUT2D eigenvalue weighted by Crippen LogP contribution is 2.48. The summed E-state index contributed by atoms with van der Waals surface area (Å²) < 4.78 is 15.2. The summed E-state index contributed by atoms with van der Waals surface area (Å²) in [7, 11) is 6.41. The van der Waals surface area contributed by atoms with Crippen LogP contribution in [0.4, 0.5) is 0 Å². The van der Waals surface area contributed by atoms with Crippen LogP contribution in [0.15, 0.2) is 70.5 Å². The highest BCUT2D eigenvalue weighted by Gasteiger charge is 2.41. The van der Waals surface area contributed by atoms with Gasteiger partial charge in [-0.15, -0.1) is 0 Å². The topological polar surface area (TPSA) is 20.3 Å². The van der Waals surface area contributed by atoms with E-state index in [1.807, 2.05) is 36.4 Å². The predicted molar refractivity (Wildman–Crippen MR) is 77.1 cm³/mol. The van der Waals surface area contributed by atoms with Gasteiger partial charge in [-0.25, -0.2) is 8.51 Å². The van der Waals surface area contributed by atoms with Crippen LogP contribution in [0.25, 0.3) is 0 Å². The Morgan fingerprint density at radius 2 is 1.17 bits per heavy atom. The van der Waals surface area contributed by atoms with Crippen LogP contribution >= 0.6 is 10.7 Å². The van der Waals surface area contributed by atoms with Crippen LogP contribution in [0.1, 0.15) is 0 Å². The van der Waals surface area contributed by atoms with E-state index in [2.05, 4.69) is 0 Å². The first-order chi connectivity index (χ1) is 8.46. The molecule has 0 fully saturated rings. The Balaban J connectivity index is 2.76. The molecule has 0 N–H and O–H groups in total. The molecule has 4 heteroatoms. The minimum absolute atomic E-state index is 0.618. The Kier molecular flexibility index (Phi) is 3.32. The molecule has 0 saturated heterocycles. The molecule has 2 nitrogen and oxygen atoms in total. The Bertz CT molecular complexity index is 552. The van der Waals surface area contributed by atoms with Gasteiger partial charge in [0.15, 0.2) is 0 Å². The van der Waals surface area contributed by atoms with Gasteiger partial charge in [0, 0.05) is 9.79 Å². The van der Waals surface area contributed by atoms with Crippen LogP contribution in [0, 0.1) is 0 Å². The first-order valence-electron chi connectivity index (χ1n) is 5.63. The maximum Gasteiger partial charge on any atom is 0.0710 e. The predicted octanol–water partition coefficient (Wildman–Crippen LogP) is 3.56. The zero-order valence-electron chi connectivity index (χ0n) is 10.4. The van der Waals surface area contributed by atoms with E-state index in [1.165, 1.54) is 0 Å². The van der Waals surface area contributed by atoms with Gasteiger partial charge in [0.25, 0.3) is 0 Å². The summed E-state index contributed by atoms with van der Waals surface area (Å²) in [5.41, 5.74) is 0. The van der Waals surface area contributed by atoms with E-state index in [1.54, 1.807) is 42.7 Å². The lowest BCUT2D eigenvalue weighted by atomic mass is 10.4. The van der Waals surface area contributed by atoms with Crippen molar-refractivity contribution in [3.63, 3.8) is 0 Å². The van der Waals surface area contributed by atoms with Gasteiger partial charge < -0.3 is 0 Å². The highest BCUT2D eigenvalue weighted by molar-refractivity contribution is 8.36. The van der Waals surface area contributed by atoms with Gasteiger partial charge in [0.05, 0.1) is 8.47 Å². The van der Waals surface area contributed by atoms with Gasteiger partial charge in [-0.2, -0.15) is 0 Å². The second-order valence-corrected chi connectivity index (χ2v) is 9.27. The van der Waals surface area contributed by atoms with Gasteiger partial charge >= 0.3 is 0 Å². The van der Waals surface area contributed by atoms with E-state index >= 15 is 0 Å². The molecular weight excluding hydrogens is 266 g/mol. The number of nitrogens with zero attached hydrogens (tertiary/aromatic N) is 1. The summed E-state index contributed by atoms with van der Waals surface area (Å²) in [6.07, 6.45) is 0. The first-order valence-corrected chi connectivity index (χ1v) is 8.38. The van der Waals surface area contributed by atoms with E-state index in [4.69, 9.17) is 10.7 Å². The molecule has 0 aliphatic carbocycles. The number of benzene rings is 2. The maximum absolute atomic E-state index is 13.6. The smallest absolute Gasteiger partial charge is 0.0710 e. The molecule has 0 bridgehead atoms. The Morgan fingerprint density at radius 1 is 0.833 bits per heavy atom. The lowest BCUT2D eigenvalue weighted by molar-refractivity contribution is 0.574. The van der Waals surface area contributed by atoms with Gasteiger partial charge in [-0.05, 0) is 49.0 Å². The molecule has 0 aliphatic rings. The van der Waals surface area contributed by atoms with E-state index in [9.17, 15) is 4.21 Å². The second kappa shape index (κ2) is 4.50. The number of hydrogen-bond acceptors (Lipinski definition) is 1. The number of hydrogen-bond donors (Lipinski definition) is 0. The molecule has 18 heavy (non-hydrogen) atoms. The van der Waals surface area contributed by atoms with Gasteiger partial charge in [0.2, 0.25) is 0 Å². The average molecular weight is 282 g/mol. The molecule has 0 amide bonds. The van der Waals surface area contributed by atoms with E-state index in [-0.39, 0.29) is 0 Å². The third-order valence-corrected chi connectivity index (χ3v) is 8.34. The van der Waals surface area contributed by atoms with Crippen molar-refractivity contribution in [1.82, 2.24) is 4.31 Å². The summed E-state index contributed by atoms with van der Waals surface area (Å²) in [5, 5.41) is 0. The molecule has 96 valence electrons. The molecule has 0 saturated carbocycles. The molecule has 2 aromatic rings. The first kappa shape index (κ1) is 13.3. The van der Waals surface area contributed by atoms with Gasteiger partial charge in [-0.3, -0.25) is 0 Å². The van der Waals surface area contributed by atoms with Crippen LogP contribution in [0.2, 0.25) is 0 Å². The molecule has 0 heterocycles. The minimum Gasteiger partial charge on any atom is -0.244 e. The molecule has 2 rings (SSSR count). The number of rotatable bonds is 3. The van der Waals surface area contributed by atoms with E-state index in [0.29, 0.717) is 9.79 Å². The van der Waals surface area contributed by atoms with Crippen molar-refractivity contribution in [3.05, 3.63) is 60.7 Å². The molecule has 0 atom stereocenters. The lowest BCUT2D eigenvalue weighted by Gasteiger charge is -2.42. The van der Waals surface area contributed by atoms with E-state index < -0.39 is 8.47 Å². The Labute approximate surface area is 112 Å². The quantitative estimate of drug-likeness (QED) is 0.788. The van der Waals surface area contributed by atoms with Crippen LogP contribution in [0.3, 0.4) is 0 Å². The normalized spacial score (nSPS) is 14.1. The van der Waals surface area contributed by atoms with Crippen molar-refractivity contribution < 1.29 is 4.21 Å². The van der Waals surface area contributed by atoms with Crippen LogP contribution in [-0.2, 0) is 8.47 Å². The van der Waals surface area contributed by atoms with Crippen LogP contribution in [-0.4, -0.2) is 22.6 Å². The van der Waals surface area contributed by atoms with Crippen molar-refractivity contribution >= 4 is 19.1 Å². The van der Waals surface area contributed by atoms with Crippen molar-refractivity contribution in [2.75, 3.05) is 14.1 Å². The fraction of sp³-hybridized carbons (Fsp3) is 0.143. The third kappa shape index (κ3) is 1.88. The van der Waals surface area contributed by atoms with Gasteiger partial charge in [0.1, 0.15) is 0 Å². The maximum atomic E-state index is 13.6. The zero-order chi connectivity index (χ0) is 13.3. The average Bonchev–Trinajstić information content (AvgIpc) is 2.41. The van der Waals surface area contributed by atoms with Gasteiger partial charge in [-0.1, -0.05) is 36.4 Å². The summed E-state index contributed by atoms with van der Waals surface area (Å²) in [5.74, 6) is 0. The van der Waals surface area contributed by atoms with E-state index in [0.717, 1.165) is 0 Å². The van der Waals surface area contributed by atoms with Crippen LogP contribution < -0.4 is 0 Å². The fourth-order valence-corrected chi connectivity index (χ4v) is 4.86. The standard InChI is InChI=1S/C14H16ClNOS/c1-16(2)18(15,17,13-9-5-3-6-10-13)14-11-7-4-8-12-14/h3-12H,1-2H3. The Morgan fingerprint density at radius 3 is 1.44 bits per heavy atom. The molecular formula is C14H16ClNOS. The zero-order valence-corrected chi connectivity index (χ0v) is 12.0. The molecule has 0 aromatic heterocycles. The lowest BCUT2D eigenvalue weighted by Crippen LogP contribution is -2.41. The molecule has 0 radical (unpaired) electrons. The molecule has 0 aliphatic heterocycles. The second-order valence-electron chi connectivity index (χ2n) is 4.25. The molecule has 0 unspecified atom stereocenters. The SMILES string of the molecule is CN(C)S(=O)(Cl)(c1ccccc1)c1ccccc1. The monoisotopic (exact) mass is 281 g/mol. The van der Waals surface area contributed by atoms with Crippen molar-refractivity contribution in [1.29, 1.82) is 0 Å². The Hall–Kier alpha value is -1.16. The molecule has 2 aromatic carbocycles. The van der Waals surface area contributed by atoms with Crippen molar-refractivity contribution in [2.24, 2.45) is 0 Å². The summed E-state index contributed by atoms with van der Waals surface area (Å²) >= 11 is 0. The van der Waals surface area contributed by atoms with Crippen molar-refractivity contribution in [3.8, 4) is 0 Å². The fourth-order valence-electron chi connectivity index (χ4n) is 1.87. The molecule has 0 spiro atoms. The highest BCUT2D eigenvalue weighted by atomic mass is 35.7. The summed E-state index contributed by atoms with van der Waals surface area (Å²) in [6.45, 7) is 0. The summed E-state index contributed by atoms with van der Waals surface area (Å²) in [6, 6.07) is 18.3. The minimum atomic E-state index is -3.72. The van der Waals surface area contributed by atoms with Crippen molar-refractivity contribution in [2.45, 2.75) is 9.79 Å².